The Balaban J connectivity index is 2.36. The fraction of sp³-hybridized carbons (Fsp3) is 0.500. The van der Waals surface area contributed by atoms with Crippen molar-refractivity contribution in [2.45, 2.75) is 19.8 Å². The number of methoxy groups -OCH3 is 1. The van der Waals surface area contributed by atoms with E-state index in [4.69, 9.17) is 4.74 Å². The van der Waals surface area contributed by atoms with Crippen molar-refractivity contribution in [1.29, 1.82) is 0 Å². The summed E-state index contributed by atoms with van der Waals surface area (Å²) in [7, 11) is 1.45. The second-order valence-corrected chi connectivity index (χ2v) is 5.22. The lowest BCUT2D eigenvalue weighted by Crippen LogP contribution is -2.34. The molecular formula is C14H18N2O5. The second-order valence-electron chi connectivity index (χ2n) is 5.22. The molecule has 1 N–H and O–H groups in total. The van der Waals surface area contributed by atoms with Gasteiger partial charge in [-0.2, -0.15) is 0 Å². The molecule has 1 heterocycles. The van der Waals surface area contributed by atoms with Crippen molar-refractivity contribution in [3.8, 4) is 5.75 Å². The van der Waals surface area contributed by atoms with Crippen LogP contribution in [0.5, 0.6) is 5.75 Å². The zero-order valence-electron chi connectivity index (χ0n) is 12.0. The fourth-order valence-electron chi connectivity index (χ4n) is 2.74. The molecular weight excluding hydrogens is 276 g/mol. The summed E-state index contributed by atoms with van der Waals surface area (Å²) in [5.41, 5.74) is -0.447. The quantitative estimate of drug-likeness (QED) is 0.661. The maximum absolute atomic E-state index is 11.5. The largest absolute Gasteiger partial charge is 0.496 e. The molecule has 1 aromatic carbocycles. The Kier molecular flexibility index (Phi) is 4.02. The first-order valence-corrected chi connectivity index (χ1v) is 6.74. The predicted octanol–water partition coefficient (Wildman–Crippen LogP) is 2.29. The number of hydrogen-bond acceptors (Lipinski definition) is 5. The highest BCUT2D eigenvalue weighted by molar-refractivity contribution is 5.77. The first-order valence-electron chi connectivity index (χ1n) is 6.74. The summed E-state index contributed by atoms with van der Waals surface area (Å²) in [4.78, 5) is 24.0. The first kappa shape index (κ1) is 15.1. The lowest BCUT2D eigenvalue weighted by Gasteiger charge is -2.24. The van der Waals surface area contributed by atoms with Crippen LogP contribution in [0.3, 0.4) is 0 Å². The molecule has 1 saturated heterocycles. The molecule has 1 aliphatic heterocycles. The third-order valence-corrected chi connectivity index (χ3v) is 4.20. The monoisotopic (exact) mass is 294 g/mol. The van der Waals surface area contributed by atoms with E-state index in [1.807, 2.05) is 6.92 Å². The van der Waals surface area contributed by atoms with E-state index in [1.165, 1.54) is 13.2 Å². The van der Waals surface area contributed by atoms with Crippen LogP contribution >= 0.6 is 0 Å². The van der Waals surface area contributed by atoms with Gasteiger partial charge in [0.1, 0.15) is 11.4 Å². The summed E-state index contributed by atoms with van der Waals surface area (Å²) < 4.78 is 5.01. The SMILES string of the molecule is CCC1(C(=O)O)CCN(c2ccc(OC)cc2[N+](=O)[O-])C1. The summed E-state index contributed by atoms with van der Waals surface area (Å²) in [5.74, 6) is -0.437. The molecule has 114 valence electrons. The highest BCUT2D eigenvalue weighted by Gasteiger charge is 2.44. The van der Waals surface area contributed by atoms with Crippen molar-refractivity contribution in [3.63, 3.8) is 0 Å². The lowest BCUT2D eigenvalue weighted by atomic mass is 9.84. The van der Waals surface area contributed by atoms with Gasteiger partial charge in [0, 0.05) is 13.1 Å². The number of carboxylic acid groups (broad SMARTS) is 1. The number of nitrogens with zero attached hydrogens (tertiary/aromatic N) is 2. The molecule has 0 radical (unpaired) electrons. The smallest absolute Gasteiger partial charge is 0.311 e. The van der Waals surface area contributed by atoms with Crippen molar-refractivity contribution in [2.24, 2.45) is 5.41 Å². The fourth-order valence-corrected chi connectivity index (χ4v) is 2.74. The first-order chi connectivity index (χ1) is 9.93. The molecule has 0 aromatic heterocycles. The molecule has 1 fully saturated rings. The van der Waals surface area contributed by atoms with E-state index in [-0.39, 0.29) is 12.2 Å². The Hall–Kier alpha value is -2.31. The molecule has 1 aromatic rings. The van der Waals surface area contributed by atoms with Gasteiger partial charge in [-0.1, -0.05) is 6.92 Å². The zero-order chi connectivity index (χ0) is 15.6. The number of anilines is 1. The Morgan fingerprint density at radius 2 is 2.29 bits per heavy atom. The molecule has 1 aliphatic rings. The van der Waals surface area contributed by atoms with Crippen LogP contribution in [0.4, 0.5) is 11.4 Å². The van der Waals surface area contributed by atoms with E-state index in [2.05, 4.69) is 0 Å². The molecule has 2 rings (SSSR count). The number of benzene rings is 1. The molecule has 0 saturated carbocycles. The normalized spacial score (nSPS) is 21.3. The van der Waals surface area contributed by atoms with E-state index in [0.717, 1.165) is 0 Å². The van der Waals surface area contributed by atoms with E-state index in [9.17, 15) is 20.0 Å². The maximum atomic E-state index is 11.5. The summed E-state index contributed by atoms with van der Waals surface area (Å²) in [6, 6.07) is 4.63. The van der Waals surface area contributed by atoms with Gasteiger partial charge in [-0.25, -0.2) is 0 Å². The summed E-state index contributed by atoms with van der Waals surface area (Å²) >= 11 is 0. The van der Waals surface area contributed by atoms with E-state index in [1.54, 1.807) is 17.0 Å². The van der Waals surface area contributed by atoms with E-state index < -0.39 is 16.3 Å². The van der Waals surface area contributed by atoms with Gasteiger partial charge in [0.05, 0.1) is 23.5 Å². The van der Waals surface area contributed by atoms with Crippen molar-refractivity contribution in [1.82, 2.24) is 0 Å². The van der Waals surface area contributed by atoms with Crippen LogP contribution in [0.15, 0.2) is 18.2 Å². The number of ether oxygens (including phenoxy) is 1. The van der Waals surface area contributed by atoms with Gasteiger partial charge >= 0.3 is 5.97 Å². The molecule has 1 atom stereocenters. The number of carbonyl (C=O) groups is 1. The highest BCUT2D eigenvalue weighted by Crippen LogP contribution is 2.40. The van der Waals surface area contributed by atoms with Crippen LogP contribution in [0.25, 0.3) is 0 Å². The standard InChI is InChI=1S/C14H18N2O5/c1-3-14(13(17)18)6-7-15(9-14)11-5-4-10(21-2)8-12(11)16(19)20/h4-5,8H,3,6-7,9H2,1-2H3,(H,17,18). The van der Waals surface area contributed by atoms with Crippen LogP contribution in [0, 0.1) is 15.5 Å². The van der Waals surface area contributed by atoms with Crippen molar-refractivity contribution >= 4 is 17.3 Å². The van der Waals surface area contributed by atoms with Crippen LogP contribution in [0.2, 0.25) is 0 Å². The molecule has 7 nitrogen and oxygen atoms in total. The lowest BCUT2D eigenvalue weighted by molar-refractivity contribution is -0.384. The van der Waals surface area contributed by atoms with Crippen molar-refractivity contribution in [2.75, 3.05) is 25.1 Å². The number of nitro groups is 1. The number of aliphatic carboxylic acids is 1. The topological polar surface area (TPSA) is 92.9 Å². The third-order valence-electron chi connectivity index (χ3n) is 4.20. The zero-order valence-corrected chi connectivity index (χ0v) is 12.0. The Morgan fingerprint density at radius 1 is 1.57 bits per heavy atom. The number of nitro benzene ring substituents is 1. The molecule has 0 bridgehead atoms. The van der Waals surface area contributed by atoms with Gasteiger partial charge in [0.25, 0.3) is 5.69 Å². The minimum Gasteiger partial charge on any atom is -0.496 e. The van der Waals surface area contributed by atoms with Gasteiger partial charge in [0.15, 0.2) is 0 Å². The summed E-state index contributed by atoms with van der Waals surface area (Å²) in [6.45, 7) is 2.61. The van der Waals surface area contributed by atoms with Crippen LogP contribution < -0.4 is 9.64 Å². The van der Waals surface area contributed by atoms with Crippen LogP contribution in [-0.2, 0) is 4.79 Å². The molecule has 0 spiro atoms. The Labute approximate surface area is 122 Å². The highest BCUT2D eigenvalue weighted by atomic mass is 16.6. The number of rotatable bonds is 5. The van der Waals surface area contributed by atoms with E-state index in [0.29, 0.717) is 30.8 Å². The summed E-state index contributed by atoms with van der Waals surface area (Å²) in [6.07, 6.45) is 0.991. The number of hydrogen-bond donors (Lipinski definition) is 1. The van der Waals surface area contributed by atoms with Crippen molar-refractivity contribution < 1.29 is 19.6 Å². The van der Waals surface area contributed by atoms with Crippen molar-refractivity contribution in [3.05, 3.63) is 28.3 Å². The minimum atomic E-state index is -0.844. The van der Waals surface area contributed by atoms with Gasteiger partial charge in [-0.15, -0.1) is 0 Å². The van der Waals surface area contributed by atoms with Crippen LogP contribution in [0.1, 0.15) is 19.8 Å². The molecule has 0 aliphatic carbocycles. The number of carboxylic acids is 1. The van der Waals surface area contributed by atoms with Gasteiger partial charge in [-0.05, 0) is 25.0 Å². The van der Waals surface area contributed by atoms with Gasteiger partial charge in [0.2, 0.25) is 0 Å². The third kappa shape index (κ3) is 2.63. The minimum absolute atomic E-state index is 0.0633. The maximum Gasteiger partial charge on any atom is 0.311 e. The summed E-state index contributed by atoms with van der Waals surface area (Å²) in [5, 5.41) is 20.6. The average Bonchev–Trinajstić information content (AvgIpc) is 2.92. The Morgan fingerprint density at radius 3 is 2.76 bits per heavy atom. The second kappa shape index (κ2) is 5.59. The Bertz CT molecular complexity index is 574. The molecule has 7 heteroatoms. The van der Waals surface area contributed by atoms with E-state index >= 15 is 0 Å². The van der Waals surface area contributed by atoms with Gasteiger partial charge in [-0.3, -0.25) is 14.9 Å². The molecule has 0 amide bonds. The average molecular weight is 294 g/mol. The molecule has 1 unspecified atom stereocenters. The van der Waals surface area contributed by atoms with Crippen LogP contribution in [-0.4, -0.2) is 36.2 Å². The van der Waals surface area contributed by atoms with Gasteiger partial charge < -0.3 is 14.7 Å². The predicted molar refractivity (Wildman–Crippen MR) is 76.8 cm³/mol. The molecule has 21 heavy (non-hydrogen) atoms.